The van der Waals surface area contributed by atoms with Crippen LogP contribution in [0.2, 0.25) is 5.02 Å². The fourth-order valence-corrected chi connectivity index (χ4v) is 2.13. The maximum absolute atomic E-state index is 13.7. The Bertz CT molecular complexity index is 626. The van der Waals surface area contributed by atoms with Crippen molar-refractivity contribution in [3.05, 3.63) is 45.0 Å². The number of benzene rings is 1. The molecule has 3 nitrogen and oxygen atoms in total. The minimum atomic E-state index is -0.798. The molecule has 2 rings (SSSR count). The minimum absolute atomic E-state index is 0.0413. The van der Waals surface area contributed by atoms with Gasteiger partial charge in [-0.1, -0.05) is 11.6 Å². The van der Waals surface area contributed by atoms with E-state index in [9.17, 15) is 8.78 Å². The number of nitrogens with two attached hydrogens (primary N) is 1. The molecule has 0 saturated carbocycles. The van der Waals surface area contributed by atoms with E-state index in [1.807, 2.05) is 0 Å². The highest BCUT2D eigenvalue weighted by molar-refractivity contribution is 9.10. The van der Waals surface area contributed by atoms with Gasteiger partial charge in [0.2, 0.25) is 0 Å². The molecule has 1 aromatic carbocycles. The summed E-state index contributed by atoms with van der Waals surface area (Å²) in [5, 5.41) is 2.65. The SMILES string of the molecule is Cc1c(N)cnc(Nc2c(F)cc(F)cc2Cl)c1Br. The number of anilines is 3. The van der Waals surface area contributed by atoms with Gasteiger partial charge >= 0.3 is 0 Å². The summed E-state index contributed by atoms with van der Waals surface area (Å²) in [7, 11) is 0. The lowest BCUT2D eigenvalue weighted by atomic mass is 10.2. The third kappa shape index (κ3) is 2.79. The molecule has 1 aromatic heterocycles. The molecule has 3 N–H and O–H groups in total. The van der Waals surface area contributed by atoms with Crippen LogP contribution in [0.1, 0.15) is 5.56 Å². The summed E-state index contributed by atoms with van der Waals surface area (Å²) in [6.45, 7) is 1.79. The Hall–Kier alpha value is -1.40. The zero-order valence-corrected chi connectivity index (χ0v) is 12.1. The van der Waals surface area contributed by atoms with E-state index in [4.69, 9.17) is 17.3 Å². The van der Waals surface area contributed by atoms with Crippen molar-refractivity contribution < 1.29 is 8.78 Å². The number of nitrogen functional groups attached to an aromatic ring is 1. The van der Waals surface area contributed by atoms with Gasteiger partial charge in [0.05, 0.1) is 27.1 Å². The molecule has 0 spiro atoms. The number of aromatic nitrogens is 1. The van der Waals surface area contributed by atoms with Crippen molar-refractivity contribution in [2.45, 2.75) is 6.92 Å². The van der Waals surface area contributed by atoms with Crippen LogP contribution in [0.25, 0.3) is 0 Å². The van der Waals surface area contributed by atoms with E-state index < -0.39 is 11.6 Å². The molecule has 19 heavy (non-hydrogen) atoms. The number of hydrogen-bond acceptors (Lipinski definition) is 3. The first-order chi connectivity index (χ1) is 8.90. The lowest BCUT2D eigenvalue weighted by molar-refractivity contribution is 0.586. The number of hydrogen-bond donors (Lipinski definition) is 2. The second-order valence-electron chi connectivity index (χ2n) is 3.87. The van der Waals surface area contributed by atoms with Crippen molar-refractivity contribution in [1.82, 2.24) is 4.98 Å². The molecule has 0 aliphatic heterocycles. The van der Waals surface area contributed by atoms with Crippen LogP contribution >= 0.6 is 27.5 Å². The number of pyridine rings is 1. The standard InChI is InChI=1S/C12H9BrClF2N3/c1-5-9(17)4-18-12(10(5)13)19-11-7(14)2-6(15)3-8(11)16/h2-4H,17H2,1H3,(H,18,19). The van der Waals surface area contributed by atoms with Crippen LogP contribution in [0.3, 0.4) is 0 Å². The van der Waals surface area contributed by atoms with Gasteiger partial charge in [-0.3, -0.25) is 0 Å². The van der Waals surface area contributed by atoms with Gasteiger partial charge < -0.3 is 11.1 Å². The predicted molar refractivity (Wildman–Crippen MR) is 75.7 cm³/mol. The van der Waals surface area contributed by atoms with Crippen LogP contribution < -0.4 is 11.1 Å². The molecule has 0 saturated heterocycles. The second kappa shape index (κ2) is 5.30. The average Bonchev–Trinajstić information content (AvgIpc) is 2.33. The fraction of sp³-hybridized carbons (Fsp3) is 0.0833. The molecular formula is C12H9BrClF2N3. The summed E-state index contributed by atoms with van der Waals surface area (Å²) in [5.41, 5.74) is 6.91. The van der Waals surface area contributed by atoms with E-state index in [0.29, 0.717) is 16.0 Å². The first kappa shape index (κ1) is 14.0. The molecule has 0 amide bonds. The fourth-order valence-electron chi connectivity index (χ4n) is 1.46. The molecule has 0 aliphatic rings. The third-order valence-corrected chi connectivity index (χ3v) is 3.82. The van der Waals surface area contributed by atoms with Crippen molar-refractivity contribution >= 4 is 44.7 Å². The number of nitrogens with zero attached hydrogens (tertiary/aromatic N) is 1. The Morgan fingerprint density at radius 3 is 2.68 bits per heavy atom. The van der Waals surface area contributed by atoms with Crippen molar-refractivity contribution in [1.29, 1.82) is 0 Å². The molecule has 100 valence electrons. The number of rotatable bonds is 2. The number of nitrogens with one attached hydrogen (secondary N) is 1. The van der Waals surface area contributed by atoms with Gasteiger partial charge in [0, 0.05) is 6.07 Å². The third-order valence-electron chi connectivity index (χ3n) is 2.55. The molecule has 2 aromatic rings. The van der Waals surface area contributed by atoms with E-state index in [0.717, 1.165) is 17.7 Å². The Kier molecular flexibility index (Phi) is 3.91. The van der Waals surface area contributed by atoms with Gasteiger partial charge in [-0.2, -0.15) is 0 Å². The first-order valence-electron chi connectivity index (χ1n) is 5.22. The Labute approximate surface area is 121 Å². The van der Waals surface area contributed by atoms with E-state index in [1.165, 1.54) is 6.20 Å². The summed E-state index contributed by atoms with van der Waals surface area (Å²) in [4.78, 5) is 4.04. The van der Waals surface area contributed by atoms with Crippen LogP contribution in [0.5, 0.6) is 0 Å². The molecular weight excluding hydrogens is 340 g/mol. The Morgan fingerprint density at radius 1 is 1.37 bits per heavy atom. The van der Waals surface area contributed by atoms with Crippen LogP contribution in [-0.2, 0) is 0 Å². The predicted octanol–water partition coefficient (Wildman–Crippen LogP) is 4.41. The average molecular weight is 349 g/mol. The van der Waals surface area contributed by atoms with Gasteiger partial charge in [-0.05, 0) is 34.5 Å². The first-order valence-corrected chi connectivity index (χ1v) is 6.39. The summed E-state index contributed by atoms with van der Waals surface area (Å²) in [6.07, 6.45) is 1.44. The van der Waals surface area contributed by atoms with Gasteiger partial charge in [0.15, 0.2) is 5.82 Å². The van der Waals surface area contributed by atoms with Crippen LogP contribution in [0.4, 0.5) is 26.0 Å². The van der Waals surface area contributed by atoms with Crippen LogP contribution in [0, 0.1) is 18.6 Å². The smallest absolute Gasteiger partial charge is 0.151 e. The lowest BCUT2D eigenvalue weighted by Crippen LogP contribution is -2.02. The molecule has 0 unspecified atom stereocenters. The zero-order chi connectivity index (χ0) is 14.2. The molecule has 0 aliphatic carbocycles. The monoisotopic (exact) mass is 347 g/mol. The minimum Gasteiger partial charge on any atom is -0.397 e. The topological polar surface area (TPSA) is 50.9 Å². The van der Waals surface area contributed by atoms with Crippen molar-refractivity contribution in [2.24, 2.45) is 0 Å². The molecule has 0 atom stereocenters. The molecule has 0 fully saturated rings. The summed E-state index contributed by atoms with van der Waals surface area (Å²) in [5.74, 6) is -1.19. The highest BCUT2D eigenvalue weighted by Gasteiger charge is 2.14. The van der Waals surface area contributed by atoms with Crippen molar-refractivity contribution in [3.8, 4) is 0 Å². The van der Waals surface area contributed by atoms with E-state index in [1.54, 1.807) is 6.92 Å². The zero-order valence-electron chi connectivity index (χ0n) is 9.77. The summed E-state index contributed by atoms with van der Waals surface area (Å²) < 4.78 is 27.2. The Balaban J connectivity index is 2.45. The molecule has 1 heterocycles. The van der Waals surface area contributed by atoms with Gasteiger partial charge in [0.1, 0.15) is 11.6 Å². The quantitative estimate of drug-likeness (QED) is 0.845. The Morgan fingerprint density at radius 2 is 2.05 bits per heavy atom. The maximum atomic E-state index is 13.7. The van der Waals surface area contributed by atoms with Crippen LogP contribution in [0.15, 0.2) is 22.8 Å². The maximum Gasteiger partial charge on any atom is 0.151 e. The highest BCUT2D eigenvalue weighted by Crippen LogP contribution is 2.33. The summed E-state index contributed by atoms with van der Waals surface area (Å²) >= 11 is 9.11. The van der Waals surface area contributed by atoms with Crippen molar-refractivity contribution in [3.63, 3.8) is 0 Å². The van der Waals surface area contributed by atoms with Crippen molar-refractivity contribution in [2.75, 3.05) is 11.1 Å². The number of halogens is 4. The molecule has 0 bridgehead atoms. The largest absolute Gasteiger partial charge is 0.397 e. The van der Waals surface area contributed by atoms with Gasteiger partial charge in [-0.25, -0.2) is 13.8 Å². The van der Waals surface area contributed by atoms with E-state index >= 15 is 0 Å². The highest BCUT2D eigenvalue weighted by atomic mass is 79.9. The second-order valence-corrected chi connectivity index (χ2v) is 5.07. The van der Waals surface area contributed by atoms with E-state index in [2.05, 4.69) is 26.2 Å². The molecule has 7 heteroatoms. The van der Waals surface area contributed by atoms with E-state index in [-0.39, 0.29) is 10.7 Å². The summed E-state index contributed by atoms with van der Waals surface area (Å²) in [6, 6.07) is 1.76. The van der Waals surface area contributed by atoms with Gasteiger partial charge in [-0.15, -0.1) is 0 Å². The van der Waals surface area contributed by atoms with Gasteiger partial charge in [0.25, 0.3) is 0 Å². The molecule has 0 radical (unpaired) electrons. The lowest BCUT2D eigenvalue weighted by Gasteiger charge is -2.12. The van der Waals surface area contributed by atoms with Crippen LogP contribution in [-0.4, -0.2) is 4.98 Å². The normalized spacial score (nSPS) is 10.6.